The average Bonchev–Trinajstić information content (AvgIpc) is 2.93. The van der Waals surface area contributed by atoms with Gasteiger partial charge in [-0.15, -0.1) is 0 Å². The van der Waals surface area contributed by atoms with Crippen molar-refractivity contribution in [1.29, 1.82) is 0 Å². The number of carbonyl (C=O) groups excluding carboxylic acids is 1. The van der Waals surface area contributed by atoms with Crippen LogP contribution in [0.5, 0.6) is 0 Å². The number of hydrogen-bond donors (Lipinski definition) is 0. The molecule has 88 valence electrons. The molecule has 1 aliphatic carbocycles. The molecule has 2 aromatic rings. The molecular formula is C12H12N2O2S. The fourth-order valence-corrected chi connectivity index (χ4v) is 2.55. The Morgan fingerprint density at radius 2 is 2.35 bits per heavy atom. The minimum absolute atomic E-state index is 0.224. The van der Waals surface area contributed by atoms with Crippen LogP contribution in [0.3, 0.4) is 0 Å². The number of Topliss-reactive ketones (excluding diaryl/α,β-unsaturated/α-hetero) is 1. The normalized spacial score (nSPS) is 15.1. The Balaban J connectivity index is 1.78. The first-order chi connectivity index (χ1) is 8.24. The Kier molecular flexibility index (Phi) is 2.55. The molecule has 5 heteroatoms. The van der Waals surface area contributed by atoms with Crippen LogP contribution in [0, 0.1) is 12.8 Å². The Morgan fingerprint density at radius 3 is 3.00 bits per heavy atom. The van der Waals surface area contributed by atoms with E-state index >= 15 is 0 Å². The van der Waals surface area contributed by atoms with E-state index in [0.29, 0.717) is 11.7 Å². The van der Waals surface area contributed by atoms with Crippen LogP contribution in [0.25, 0.3) is 11.4 Å². The number of ketones is 1. The highest BCUT2D eigenvalue weighted by Gasteiger charge is 2.30. The zero-order valence-corrected chi connectivity index (χ0v) is 10.3. The van der Waals surface area contributed by atoms with Crippen molar-refractivity contribution in [2.24, 2.45) is 5.92 Å². The molecule has 17 heavy (non-hydrogen) atoms. The fourth-order valence-electron chi connectivity index (χ4n) is 1.72. The van der Waals surface area contributed by atoms with E-state index in [-0.39, 0.29) is 18.1 Å². The van der Waals surface area contributed by atoms with Crippen LogP contribution < -0.4 is 0 Å². The Labute approximate surface area is 103 Å². The molecule has 2 heterocycles. The summed E-state index contributed by atoms with van der Waals surface area (Å²) in [6, 6.07) is 0. The summed E-state index contributed by atoms with van der Waals surface area (Å²) >= 11 is 1.61. The molecule has 2 aromatic heterocycles. The molecule has 0 N–H and O–H groups in total. The maximum atomic E-state index is 11.6. The monoisotopic (exact) mass is 248 g/mol. The van der Waals surface area contributed by atoms with Gasteiger partial charge in [-0.3, -0.25) is 4.79 Å². The van der Waals surface area contributed by atoms with Gasteiger partial charge in [0.15, 0.2) is 0 Å². The maximum absolute atomic E-state index is 11.6. The van der Waals surface area contributed by atoms with Gasteiger partial charge in [0, 0.05) is 16.9 Å². The summed E-state index contributed by atoms with van der Waals surface area (Å²) in [5.41, 5.74) is 2.12. The third-order valence-electron chi connectivity index (χ3n) is 2.92. The van der Waals surface area contributed by atoms with E-state index in [2.05, 4.69) is 10.1 Å². The number of thiophene rings is 1. The van der Waals surface area contributed by atoms with E-state index in [4.69, 9.17) is 4.52 Å². The lowest BCUT2D eigenvalue weighted by Gasteiger charge is -1.91. The first-order valence-electron chi connectivity index (χ1n) is 5.62. The van der Waals surface area contributed by atoms with E-state index in [1.54, 1.807) is 11.3 Å². The second-order valence-corrected chi connectivity index (χ2v) is 5.14. The topological polar surface area (TPSA) is 56.0 Å². The largest absolute Gasteiger partial charge is 0.338 e. The van der Waals surface area contributed by atoms with Gasteiger partial charge < -0.3 is 4.52 Å². The molecule has 0 bridgehead atoms. The van der Waals surface area contributed by atoms with Gasteiger partial charge in [0.1, 0.15) is 5.78 Å². The van der Waals surface area contributed by atoms with Crippen LogP contribution in [0.15, 0.2) is 15.3 Å². The summed E-state index contributed by atoms with van der Waals surface area (Å²) in [7, 11) is 0. The summed E-state index contributed by atoms with van der Waals surface area (Å²) in [5.74, 6) is 1.49. The number of aryl methyl sites for hydroxylation is 1. The summed E-state index contributed by atoms with van der Waals surface area (Å²) < 4.78 is 5.11. The van der Waals surface area contributed by atoms with E-state index in [9.17, 15) is 4.79 Å². The van der Waals surface area contributed by atoms with Crippen LogP contribution in [-0.4, -0.2) is 15.9 Å². The summed E-state index contributed by atoms with van der Waals surface area (Å²) in [6.07, 6.45) is 2.31. The smallest absolute Gasteiger partial charge is 0.234 e. The number of rotatable bonds is 4. The highest BCUT2D eigenvalue weighted by molar-refractivity contribution is 7.08. The zero-order chi connectivity index (χ0) is 11.8. The molecule has 0 atom stereocenters. The SMILES string of the molecule is Cc1cscc1-c1noc(CC(=O)C2CC2)n1. The average molecular weight is 248 g/mol. The minimum atomic E-state index is 0.224. The van der Waals surface area contributed by atoms with Gasteiger partial charge in [-0.25, -0.2) is 0 Å². The standard InChI is InChI=1S/C12H12N2O2S/c1-7-5-17-6-9(7)12-13-11(16-14-12)4-10(15)8-2-3-8/h5-6,8H,2-4H2,1H3. The molecule has 0 aromatic carbocycles. The van der Waals surface area contributed by atoms with Crippen LogP contribution in [0.2, 0.25) is 0 Å². The summed E-state index contributed by atoms with van der Waals surface area (Å²) in [5, 5.41) is 7.96. The number of aromatic nitrogens is 2. The molecule has 0 radical (unpaired) electrons. The Hall–Kier alpha value is -1.49. The van der Waals surface area contributed by atoms with Crippen molar-refractivity contribution in [3.8, 4) is 11.4 Å². The van der Waals surface area contributed by atoms with Gasteiger partial charge >= 0.3 is 0 Å². The molecule has 1 aliphatic rings. The first-order valence-corrected chi connectivity index (χ1v) is 6.57. The predicted molar refractivity (Wildman–Crippen MR) is 63.8 cm³/mol. The van der Waals surface area contributed by atoms with Gasteiger partial charge in [0.25, 0.3) is 0 Å². The minimum Gasteiger partial charge on any atom is -0.338 e. The van der Waals surface area contributed by atoms with E-state index in [0.717, 1.165) is 24.0 Å². The number of nitrogens with zero attached hydrogens (tertiary/aromatic N) is 2. The number of carbonyl (C=O) groups is 1. The van der Waals surface area contributed by atoms with E-state index in [1.807, 2.05) is 17.7 Å². The van der Waals surface area contributed by atoms with Gasteiger partial charge in [-0.2, -0.15) is 16.3 Å². The van der Waals surface area contributed by atoms with Gasteiger partial charge in [0.05, 0.1) is 6.42 Å². The highest BCUT2D eigenvalue weighted by Crippen LogP contribution is 2.31. The Bertz CT molecular complexity index is 554. The van der Waals surface area contributed by atoms with Crippen molar-refractivity contribution < 1.29 is 9.32 Å². The zero-order valence-electron chi connectivity index (χ0n) is 9.47. The van der Waals surface area contributed by atoms with Crippen molar-refractivity contribution in [2.45, 2.75) is 26.2 Å². The van der Waals surface area contributed by atoms with Crippen molar-refractivity contribution in [1.82, 2.24) is 10.1 Å². The summed E-state index contributed by atoms with van der Waals surface area (Å²) in [4.78, 5) is 15.9. The van der Waals surface area contributed by atoms with Crippen molar-refractivity contribution >= 4 is 17.1 Å². The highest BCUT2D eigenvalue weighted by atomic mass is 32.1. The molecular weight excluding hydrogens is 236 g/mol. The molecule has 0 amide bonds. The van der Waals surface area contributed by atoms with Gasteiger partial charge in [-0.1, -0.05) is 5.16 Å². The van der Waals surface area contributed by atoms with E-state index < -0.39 is 0 Å². The quantitative estimate of drug-likeness (QED) is 0.834. The molecule has 1 fully saturated rings. The lowest BCUT2D eigenvalue weighted by molar-refractivity contribution is -0.119. The second-order valence-electron chi connectivity index (χ2n) is 4.40. The van der Waals surface area contributed by atoms with Crippen LogP contribution in [0.1, 0.15) is 24.3 Å². The third-order valence-corrected chi connectivity index (χ3v) is 3.78. The molecule has 0 spiro atoms. The van der Waals surface area contributed by atoms with Crippen LogP contribution >= 0.6 is 11.3 Å². The third kappa shape index (κ3) is 2.15. The van der Waals surface area contributed by atoms with Crippen molar-refractivity contribution in [2.75, 3.05) is 0 Å². The predicted octanol–water partition coefficient (Wildman–Crippen LogP) is 2.63. The molecule has 0 aliphatic heterocycles. The summed E-state index contributed by atoms with van der Waals surface area (Å²) in [6.45, 7) is 2.01. The maximum Gasteiger partial charge on any atom is 0.234 e. The molecule has 0 unspecified atom stereocenters. The van der Waals surface area contributed by atoms with Crippen molar-refractivity contribution in [3.05, 3.63) is 22.2 Å². The molecule has 4 nitrogen and oxygen atoms in total. The van der Waals surface area contributed by atoms with Crippen LogP contribution in [0.4, 0.5) is 0 Å². The lowest BCUT2D eigenvalue weighted by Crippen LogP contribution is -2.04. The second kappa shape index (κ2) is 4.07. The Morgan fingerprint density at radius 1 is 1.53 bits per heavy atom. The molecule has 3 rings (SSSR count). The number of hydrogen-bond acceptors (Lipinski definition) is 5. The van der Waals surface area contributed by atoms with Gasteiger partial charge in [-0.05, 0) is 30.7 Å². The fraction of sp³-hybridized carbons (Fsp3) is 0.417. The first kappa shape index (κ1) is 10.7. The molecule has 1 saturated carbocycles. The lowest BCUT2D eigenvalue weighted by atomic mass is 10.2. The van der Waals surface area contributed by atoms with E-state index in [1.165, 1.54) is 0 Å². The van der Waals surface area contributed by atoms with Crippen molar-refractivity contribution in [3.63, 3.8) is 0 Å². The molecule has 0 saturated heterocycles. The van der Waals surface area contributed by atoms with Gasteiger partial charge in [0.2, 0.25) is 11.7 Å². The van der Waals surface area contributed by atoms with Crippen LogP contribution in [-0.2, 0) is 11.2 Å².